The van der Waals surface area contributed by atoms with E-state index >= 15 is 4.39 Å². The average Bonchev–Trinajstić information content (AvgIpc) is 3.22. The molecule has 1 aliphatic rings. The van der Waals surface area contributed by atoms with Crippen LogP contribution in [0, 0.1) is 11.9 Å². The monoisotopic (exact) mass is 897 g/mol. The Hall–Kier alpha value is -3.16. The molecule has 2 heterocycles. The van der Waals surface area contributed by atoms with Crippen molar-refractivity contribution in [1.82, 2.24) is 4.98 Å². The average molecular weight is 896 g/mol. The van der Waals surface area contributed by atoms with Crippen LogP contribution < -0.4 is 14.0 Å². The van der Waals surface area contributed by atoms with Crippen molar-refractivity contribution in [3.8, 4) is 33.5 Å². The summed E-state index contributed by atoms with van der Waals surface area (Å²) >= 11 is -3.10. The number of aliphatic hydroxyl groups excluding tert-OH is 1. The number of benzene rings is 4. The summed E-state index contributed by atoms with van der Waals surface area (Å²) in [7, 11) is -1.42. The molecular weight excluding hydrogens is 850 g/mol. The molecular formula is C41H45FGeIrNO2Si-. The minimum atomic E-state index is -3.10. The minimum absolute atomic E-state index is 0. The van der Waals surface area contributed by atoms with Crippen molar-refractivity contribution in [2.24, 2.45) is 0 Å². The predicted octanol–water partition coefficient (Wildman–Crippen LogP) is 9.19. The van der Waals surface area contributed by atoms with Crippen molar-refractivity contribution in [1.29, 1.82) is 0 Å². The fraction of sp³-hybridized carbons (Fsp3) is 0.268. The molecule has 0 amide bonds. The number of allylic oxidation sites excluding steroid dienone is 2. The Balaban J connectivity index is 0.000000589. The number of pyridine rings is 1. The van der Waals surface area contributed by atoms with Gasteiger partial charge >= 0.3 is 243 Å². The van der Waals surface area contributed by atoms with E-state index in [1.807, 2.05) is 12.3 Å². The predicted molar refractivity (Wildman–Crippen MR) is 202 cm³/mol. The summed E-state index contributed by atoms with van der Waals surface area (Å²) in [4.78, 5) is 15.0. The summed E-state index contributed by atoms with van der Waals surface area (Å²) in [6, 6.07) is 29.3. The van der Waals surface area contributed by atoms with Gasteiger partial charge in [0.25, 0.3) is 0 Å². The second-order valence-electron chi connectivity index (χ2n) is 15.2. The van der Waals surface area contributed by atoms with Crippen molar-refractivity contribution < 1.29 is 34.4 Å². The van der Waals surface area contributed by atoms with Gasteiger partial charge in [0.2, 0.25) is 0 Å². The van der Waals surface area contributed by atoms with Crippen molar-refractivity contribution in [3.63, 3.8) is 0 Å². The van der Waals surface area contributed by atoms with Gasteiger partial charge < -0.3 is 5.11 Å². The number of hydrogen-bond acceptors (Lipinski definition) is 3. The number of ketones is 1. The van der Waals surface area contributed by atoms with Gasteiger partial charge in [-0.3, -0.25) is 4.79 Å². The maximum atomic E-state index is 16.6. The molecule has 3 nitrogen and oxygen atoms in total. The maximum absolute atomic E-state index is 16.6. The standard InChI is InChI=1S/C36H37FGeNSi.C5H8O2.Ir/c1-36(2,3)31-22-25(21-24-11-9-10-12-27(24)31)35-34-30(19-20-39-35)29-18-17-28(32(37)33(29)38(34,4)5)23-13-15-26(16-14-23)40(6,7)8;1-4(6)3-5(2)7;/h9-20,22H,1-8H3;3,6H,1-2H3;/q-1;;/b;4-3-;. The zero-order chi connectivity index (χ0) is 34.5. The summed E-state index contributed by atoms with van der Waals surface area (Å²) in [5, 5.41) is 12.1. The number of hydrogen-bond donors (Lipinski definition) is 1. The van der Waals surface area contributed by atoms with Crippen molar-refractivity contribution in [2.45, 2.75) is 71.2 Å². The van der Waals surface area contributed by atoms with Gasteiger partial charge in [0.15, 0.2) is 5.78 Å². The third-order valence-corrected chi connectivity index (χ3v) is 18.3. The smallest absolute Gasteiger partial charge is 0 e. The molecule has 0 saturated heterocycles. The Morgan fingerprint density at radius 1 is 0.896 bits per heavy atom. The molecule has 0 unspecified atom stereocenters. The first-order valence-corrected chi connectivity index (χ1v) is 26.0. The van der Waals surface area contributed by atoms with Gasteiger partial charge in [-0.1, -0.05) is 0 Å². The van der Waals surface area contributed by atoms with Crippen LogP contribution >= 0.6 is 0 Å². The quantitative estimate of drug-likeness (QED) is 0.0848. The topological polar surface area (TPSA) is 50.2 Å². The molecule has 7 heteroatoms. The van der Waals surface area contributed by atoms with E-state index in [-0.39, 0.29) is 42.9 Å². The fourth-order valence-electron chi connectivity index (χ4n) is 6.70. The summed E-state index contributed by atoms with van der Waals surface area (Å²) < 4.78 is 18.8. The molecule has 4 aromatic carbocycles. The Bertz CT molecular complexity index is 2040. The Kier molecular flexibility index (Phi) is 11.0. The van der Waals surface area contributed by atoms with Crippen molar-refractivity contribution >= 4 is 51.9 Å². The molecule has 0 saturated carbocycles. The van der Waals surface area contributed by atoms with E-state index in [1.165, 1.54) is 40.5 Å². The van der Waals surface area contributed by atoms with Gasteiger partial charge in [-0.15, -0.1) is 0 Å². The van der Waals surface area contributed by atoms with Crippen LogP contribution in [0.4, 0.5) is 4.39 Å². The molecule has 5 aromatic rings. The van der Waals surface area contributed by atoms with E-state index in [0.717, 1.165) is 37.7 Å². The van der Waals surface area contributed by atoms with Crippen molar-refractivity contribution in [2.75, 3.05) is 0 Å². The molecule has 6 rings (SSSR count). The summed E-state index contributed by atoms with van der Waals surface area (Å²) in [5.41, 5.74) is 7.07. The molecule has 0 atom stereocenters. The van der Waals surface area contributed by atoms with Crippen LogP contribution in [0.3, 0.4) is 0 Å². The third-order valence-electron chi connectivity index (χ3n) is 8.95. The van der Waals surface area contributed by atoms with E-state index in [1.54, 1.807) is 0 Å². The molecule has 0 fully saturated rings. The Labute approximate surface area is 302 Å². The van der Waals surface area contributed by atoms with E-state index in [4.69, 9.17) is 10.1 Å². The van der Waals surface area contributed by atoms with Gasteiger partial charge in [0, 0.05) is 26.2 Å². The van der Waals surface area contributed by atoms with Gasteiger partial charge in [0.05, 0.1) is 5.76 Å². The number of rotatable bonds is 4. The van der Waals surface area contributed by atoms with E-state index in [0.29, 0.717) is 5.56 Å². The molecule has 1 aromatic heterocycles. The van der Waals surface area contributed by atoms with Crippen LogP contribution in [0.1, 0.15) is 40.2 Å². The minimum Gasteiger partial charge on any atom is 0 e. The molecule has 1 radical (unpaired) electrons. The largest absolute Gasteiger partial charge is 0 e. The fourth-order valence-corrected chi connectivity index (χ4v) is 15.2. The first-order valence-electron chi connectivity index (χ1n) is 16.2. The van der Waals surface area contributed by atoms with Crippen molar-refractivity contribution in [3.05, 3.63) is 108 Å². The zero-order valence-electron chi connectivity index (χ0n) is 29.6. The van der Waals surface area contributed by atoms with Gasteiger partial charge in [-0.05, 0) is 13.8 Å². The number of nitrogens with zero attached hydrogens (tertiary/aromatic N) is 1. The zero-order valence-corrected chi connectivity index (χ0v) is 35.1. The number of aromatic nitrogens is 1. The van der Waals surface area contributed by atoms with E-state index in [2.05, 4.69) is 125 Å². The maximum Gasteiger partial charge on any atom is 0 e. The normalized spacial score (nSPS) is 13.6. The molecule has 251 valence electrons. The van der Waals surface area contributed by atoms with Gasteiger partial charge in [0.1, 0.15) is 0 Å². The number of carbonyl (C=O) groups is 1. The van der Waals surface area contributed by atoms with Crippen LogP contribution in [0.15, 0.2) is 90.8 Å². The molecule has 0 aliphatic carbocycles. The van der Waals surface area contributed by atoms with Crippen LogP contribution in [0.25, 0.3) is 44.3 Å². The van der Waals surface area contributed by atoms with Gasteiger partial charge in [-0.2, -0.15) is 0 Å². The molecule has 48 heavy (non-hydrogen) atoms. The van der Waals surface area contributed by atoms with Crippen LogP contribution in [0.5, 0.6) is 0 Å². The van der Waals surface area contributed by atoms with E-state index in [9.17, 15) is 4.79 Å². The van der Waals surface area contributed by atoms with Crippen LogP contribution in [-0.4, -0.2) is 37.2 Å². The molecule has 1 N–H and O–H groups in total. The molecule has 0 bridgehead atoms. The summed E-state index contributed by atoms with van der Waals surface area (Å²) in [6.07, 6.45) is 3.06. The van der Waals surface area contributed by atoms with Gasteiger partial charge in [-0.25, -0.2) is 0 Å². The molecule has 0 spiro atoms. The number of carbonyl (C=O) groups excluding carboxylic acids is 1. The second-order valence-corrected chi connectivity index (χ2v) is 29.2. The number of aliphatic hydroxyl groups is 1. The number of halogens is 1. The first-order chi connectivity index (χ1) is 21.9. The molecule has 1 aliphatic heterocycles. The van der Waals surface area contributed by atoms with E-state index < -0.39 is 21.3 Å². The Morgan fingerprint density at radius 3 is 2.06 bits per heavy atom. The SMILES string of the molecule is CC(=O)/C=C(/C)O.CC(C)(C)c1cc(-c2nccc3[c]2[Ge]([CH3])([CH3])[c]2c-3ccc(-c3ccc([Si](C)(C)C)cc3)c2F)[c-]c2ccccc12.[Ir]. The summed E-state index contributed by atoms with van der Waals surface area (Å²) in [6.45, 7) is 16.6. The van der Waals surface area contributed by atoms with Crippen LogP contribution in [-0.2, 0) is 30.3 Å². The third kappa shape index (κ3) is 7.37. The summed E-state index contributed by atoms with van der Waals surface area (Å²) in [5.74, 6) is 4.53. The van der Waals surface area contributed by atoms with Crippen LogP contribution in [0.2, 0.25) is 31.2 Å². The number of fused-ring (bicyclic) bond motifs is 4. The Morgan fingerprint density at radius 2 is 1.50 bits per heavy atom. The second kappa shape index (κ2) is 14.0. The first kappa shape index (κ1) is 37.7.